The second kappa shape index (κ2) is 7.69. The number of ether oxygens (including phenoxy) is 1. The second-order valence-corrected chi connectivity index (χ2v) is 8.42. The summed E-state index contributed by atoms with van der Waals surface area (Å²) in [4.78, 5) is 14.7. The van der Waals surface area contributed by atoms with E-state index in [2.05, 4.69) is 10.2 Å². The Morgan fingerprint density at radius 3 is 2.41 bits per heavy atom. The van der Waals surface area contributed by atoms with Crippen molar-refractivity contribution in [3.8, 4) is 5.75 Å². The van der Waals surface area contributed by atoms with Gasteiger partial charge in [-0.05, 0) is 44.5 Å². The quantitative estimate of drug-likeness (QED) is 0.852. The van der Waals surface area contributed by atoms with Crippen LogP contribution in [0.15, 0.2) is 29.2 Å². The van der Waals surface area contributed by atoms with Crippen LogP contribution in [-0.4, -0.2) is 67.0 Å². The average molecular weight is 392 g/mol. The fraction of sp³-hybridized carbons (Fsp3) is 0.444. The zero-order chi connectivity index (χ0) is 19.6. The molecule has 1 amide bonds. The van der Waals surface area contributed by atoms with Crippen molar-refractivity contribution in [3.05, 3.63) is 41.2 Å². The van der Waals surface area contributed by atoms with Gasteiger partial charge < -0.3 is 9.64 Å². The molecule has 1 aromatic carbocycles. The Hall–Kier alpha value is -2.39. The molecule has 0 atom stereocenters. The highest BCUT2D eigenvalue weighted by Gasteiger charge is 2.32. The highest BCUT2D eigenvalue weighted by molar-refractivity contribution is 7.89. The SMILES string of the molecule is COc1ccc(C(=O)N2CCCN(S(=O)(=O)c3c(C)n[nH]c3C)CC2)cc1. The number of benzene rings is 1. The number of aryl methyl sites for hydroxylation is 2. The van der Waals surface area contributed by atoms with E-state index in [9.17, 15) is 13.2 Å². The van der Waals surface area contributed by atoms with Gasteiger partial charge in [-0.2, -0.15) is 9.40 Å². The van der Waals surface area contributed by atoms with Gasteiger partial charge in [-0.25, -0.2) is 8.42 Å². The molecule has 1 N–H and O–H groups in total. The zero-order valence-corrected chi connectivity index (χ0v) is 16.5. The van der Waals surface area contributed by atoms with E-state index >= 15 is 0 Å². The summed E-state index contributed by atoms with van der Waals surface area (Å²) in [5, 5.41) is 6.72. The summed E-state index contributed by atoms with van der Waals surface area (Å²) in [6, 6.07) is 6.93. The molecule has 1 aromatic heterocycles. The average Bonchev–Trinajstić information content (AvgIpc) is 2.87. The summed E-state index contributed by atoms with van der Waals surface area (Å²) >= 11 is 0. The van der Waals surface area contributed by atoms with Crippen molar-refractivity contribution in [2.24, 2.45) is 0 Å². The third-order valence-electron chi connectivity index (χ3n) is 4.74. The van der Waals surface area contributed by atoms with Gasteiger partial charge in [-0.15, -0.1) is 0 Å². The van der Waals surface area contributed by atoms with Crippen molar-refractivity contribution in [1.82, 2.24) is 19.4 Å². The van der Waals surface area contributed by atoms with E-state index in [-0.39, 0.29) is 17.3 Å². The molecule has 146 valence electrons. The maximum Gasteiger partial charge on any atom is 0.253 e. The maximum atomic E-state index is 13.0. The summed E-state index contributed by atoms with van der Waals surface area (Å²) in [6.45, 7) is 4.87. The van der Waals surface area contributed by atoms with E-state index < -0.39 is 10.0 Å². The Kier molecular flexibility index (Phi) is 5.52. The summed E-state index contributed by atoms with van der Waals surface area (Å²) in [7, 11) is -2.07. The summed E-state index contributed by atoms with van der Waals surface area (Å²) in [5.74, 6) is 0.582. The molecule has 9 heteroatoms. The normalized spacial score (nSPS) is 16.2. The topological polar surface area (TPSA) is 95.6 Å². The van der Waals surface area contributed by atoms with Crippen molar-refractivity contribution < 1.29 is 17.9 Å². The van der Waals surface area contributed by atoms with E-state index in [0.717, 1.165) is 0 Å². The lowest BCUT2D eigenvalue weighted by molar-refractivity contribution is 0.0764. The van der Waals surface area contributed by atoms with E-state index in [1.807, 2.05) is 0 Å². The minimum absolute atomic E-state index is 0.104. The third-order valence-corrected chi connectivity index (χ3v) is 6.90. The minimum atomic E-state index is -3.64. The van der Waals surface area contributed by atoms with Crippen LogP contribution in [-0.2, 0) is 10.0 Å². The number of aromatic nitrogens is 2. The molecule has 1 aliphatic rings. The lowest BCUT2D eigenvalue weighted by atomic mass is 10.2. The summed E-state index contributed by atoms with van der Waals surface area (Å²) in [5.41, 5.74) is 1.56. The zero-order valence-electron chi connectivity index (χ0n) is 15.7. The molecular formula is C18H24N4O4S. The van der Waals surface area contributed by atoms with Gasteiger partial charge in [-0.1, -0.05) is 0 Å². The number of hydrogen-bond donors (Lipinski definition) is 1. The Balaban J connectivity index is 1.74. The maximum absolute atomic E-state index is 13.0. The molecular weight excluding hydrogens is 368 g/mol. The Morgan fingerprint density at radius 2 is 1.81 bits per heavy atom. The monoisotopic (exact) mass is 392 g/mol. The van der Waals surface area contributed by atoms with E-state index in [1.165, 1.54) is 4.31 Å². The molecule has 8 nitrogen and oxygen atoms in total. The van der Waals surface area contributed by atoms with Gasteiger partial charge in [0, 0.05) is 31.7 Å². The van der Waals surface area contributed by atoms with Gasteiger partial charge in [-0.3, -0.25) is 9.89 Å². The van der Waals surface area contributed by atoms with Gasteiger partial charge in [0.25, 0.3) is 5.91 Å². The molecule has 0 saturated carbocycles. The number of rotatable bonds is 4. The number of nitrogens with one attached hydrogen (secondary N) is 1. The fourth-order valence-corrected chi connectivity index (χ4v) is 5.10. The van der Waals surface area contributed by atoms with Crippen LogP contribution >= 0.6 is 0 Å². The smallest absolute Gasteiger partial charge is 0.253 e. The van der Waals surface area contributed by atoms with E-state index in [4.69, 9.17) is 4.74 Å². The standard InChI is InChI=1S/C18H24N4O4S/c1-13-17(14(2)20-19-13)27(24,25)22-10-4-9-21(11-12-22)18(23)15-5-7-16(26-3)8-6-15/h5-8H,4,9-12H2,1-3H3,(H,19,20). The van der Waals surface area contributed by atoms with Gasteiger partial charge in [0.15, 0.2) is 0 Å². The Labute approximate surface area is 159 Å². The van der Waals surface area contributed by atoms with Crippen molar-refractivity contribution in [2.75, 3.05) is 33.3 Å². The predicted octanol–water partition coefficient (Wildman–Crippen LogP) is 1.57. The minimum Gasteiger partial charge on any atom is -0.497 e. The van der Waals surface area contributed by atoms with Crippen LogP contribution in [0.4, 0.5) is 0 Å². The van der Waals surface area contributed by atoms with Crippen LogP contribution < -0.4 is 4.74 Å². The number of H-pyrrole nitrogens is 1. The predicted molar refractivity (Wildman–Crippen MR) is 100 cm³/mol. The van der Waals surface area contributed by atoms with Gasteiger partial charge in [0.1, 0.15) is 10.6 Å². The Bertz CT molecular complexity index is 902. The van der Waals surface area contributed by atoms with Crippen molar-refractivity contribution in [1.29, 1.82) is 0 Å². The molecule has 3 rings (SSSR count). The number of aromatic amines is 1. The van der Waals surface area contributed by atoms with E-state index in [0.29, 0.717) is 48.8 Å². The van der Waals surface area contributed by atoms with Crippen LogP contribution in [0.25, 0.3) is 0 Å². The molecule has 0 radical (unpaired) electrons. The fourth-order valence-electron chi connectivity index (χ4n) is 3.30. The second-order valence-electron chi connectivity index (χ2n) is 6.54. The summed E-state index contributed by atoms with van der Waals surface area (Å²) < 4.78 is 32.6. The molecule has 0 bridgehead atoms. The largest absolute Gasteiger partial charge is 0.497 e. The number of carbonyl (C=O) groups excluding carboxylic acids is 1. The molecule has 0 aliphatic carbocycles. The molecule has 27 heavy (non-hydrogen) atoms. The molecule has 0 spiro atoms. The van der Waals surface area contributed by atoms with Crippen LogP contribution in [0.5, 0.6) is 5.75 Å². The van der Waals surface area contributed by atoms with Crippen molar-refractivity contribution >= 4 is 15.9 Å². The number of sulfonamides is 1. The number of carbonyl (C=O) groups is 1. The van der Waals surface area contributed by atoms with Crippen LogP contribution in [0, 0.1) is 13.8 Å². The Morgan fingerprint density at radius 1 is 1.11 bits per heavy atom. The number of methoxy groups -OCH3 is 1. The molecule has 1 fully saturated rings. The van der Waals surface area contributed by atoms with Gasteiger partial charge in [0.05, 0.1) is 18.5 Å². The van der Waals surface area contributed by atoms with Crippen molar-refractivity contribution in [2.45, 2.75) is 25.2 Å². The van der Waals surface area contributed by atoms with Gasteiger partial charge in [0.2, 0.25) is 10.0 Å². The molecule has 1 aliphatic heterocycles. The molecule has 2 aromatic rings. The van der Waals surface area contributed by atoms with E-state index in [1.54, 1.807) is 50.1 Å². The highest BCUT2D eigenvalue weighted by atomic mass is 32.2. The lowest BCUT2D eigenvalue weighted by Gasteiger charge is -2.22. The number of nitrogens with zero attached hydrogens (tertiary/aromatic N) is 3. The summed E-state index contributed by atoms with van der Waals surface area (Å²) in [6.07, 6.45) is 0.580. The van der Waals surface area contributed by atoms with Crippen LogP contribution in [0.3, 0.4) is 0 Å². The van der Waals surface area contributed by atoms with Crippen LogP contribution in [0.1, 0.15) is 28.2 Å². The molecule has 1 saturated heterocycles. The molecule has 0 unspecified atom stereocenters. The number of hydrogen-bond acceptors (Lipinski definition) is 5. The van der Waals surface area contributed by atoms with Gasteiger partial charge >= 0.3 is 0 Å². The third kappa shape index (κ3) is 3.84. The first kappa shape index (κ1) is 19.4. The first-order valence-corrected chi connectivity index (χ1v) is 10.2. The first-order chi connectivity index (χ1) is 12.8. The lowest BCUT2D eigenvalue weighted by Crippen LogP contribution is -2.37. The highest BCUT2D eigenvalue weighted by Crippen LogP contribution is 2.23. The van der Waals surface area contributed by atoms with Crippen LogP contribution in [0.2, 0.25) is 0 Å². The first-order valence-electron chi connectivity index (χ1n) is 8.79. The number of amides is 1. The molecule has 2 heterocycles. The van der Waals surface area contributed by atoms with Crippen molar-refractivity contribution in [3.63, 3.8) is 0 Å².